The molecule has 0 radical (unpaired) electrons. The van der Waals surface area contributed by atoms with Crippen LogP contribution in [0, 0.1) is 11.3 Å². The molecule has 0 bridgehead atoms. The second-order valence-electron chi connectivity index (χ2n) is 8.12. The topological polar surface area (TPSA) is 99.0 Å². The lowest BCUT2D eigenvalue weighted by molar-refractivity contribution is 0.122. The Labute approximate surface area is 204 Å². The van der Waals surface area contributed by atoms with Gasteiger partial charge in [0.15, 0.2) is 0 Å². The van der Waals surface area contributed by atoms with E-state index in [0.717, 1.165) is 54.5 Å². The van der Waals surface area contributed by atoms with E-state index in [-0.39, 0.29) is 0 Å². The number of ether oxygens (including phenoxy) is 1. The SMILES string of the molecule is N#Cc1cc(-c2ccnc(Nc3ccc(N4CCOCC4)cc3)n2)ccc1NCc1cccnc1. The van der Waals surface area contributed by atoms with Crippen molar-refractivity contribution in [1.29, 1.82) is 5.26 Å². The molecular formula is C27H25N7O. The summed E-state index contributed by atoms with van der Waals surface area (Å²) < 4.78 is 5.43. The number of rotatable bonds is 7. The smallest absolute Gasteiger partial charge is 0.227 e. The number of hydrogen-bond donors (Lipinski definition) is 2. The monoisotopic (exact) mass is 463 g/mol. The Morgan fingerprint density at radius 2 is 1.86 bits per heavy atom. The molecule has 0 atom stereocenters. The van der Waals surface area contributed by atoms with Crippen LogP contribution < -0.4 is 15.5 Å². The zero-order valence-corrected chi connectivity index (χ0v) is 19.2. The maximum absolute atomic E-state index is 9.70. The quantitative estimate of drug-likeness (QED) is 0.410. The highest BCUT2D eigenvalue weighted by molar-refractivity contribution is 5.70. The Morgan fingerprint density at radius 3 is 2.63 bits per heavy atom. The van der Waals surface area contributed by atoms with Crippen LogP contribution in [-0.4, -0.2) is 41.3 Å². The number of aromatic nitrogens is 3. The largest absolute Gasteiger partial charge is 0.380 e. The van der Waals surface area contributed by atoms with Gasteiger partial charge < -0.3 is 20.3 Å². The van der Waals surface area contributed by atoms with E-state index >= 15 is 0 Å². The van der Waals surface area contributed by atoms with Crippen molar-refractivity contribution in [2.45, 2.75) is 6.54 Å². The van der Waals surface area contributed by atoms with Crippen LogP contribution in [-0.2, 0) is 11.3 Å². The van der Waals surface area contributed by atoms with Crippen LogP contribution in [0.2, 0.25) is 0 Å². The molecule has 8 nitrogen and oxygen atoms in total. The standard InChI is InChI=1S/C27H25N7O/c28-17-22-16-21(3-8-25(22)31-19-20-2-1-10-29-18-20)26-9-11-30-27(33-26)32-23-4-6-24(7-5-23)34-12-14-35-15-13-34/h1-11,16,18,31H,12-15,19H2,(H,30,32,33). The van der Waals surface area contributed by atoms with Crippen molar-refractivity contribution in [3.8, 4) is 17.3 Å². The Balaban J connectivity index is 1.28. The van der Waals surface area contributed by atoms with Gasteiger partial charge in [0.2, 0.25) is 5.95 Å². The maximum Gasteiger partial charge on any atom is 0.227 e. The van der Waals surface area contributed by atoms with E-state index in [1.807, 2.05) is 48.5 Å². The van der Waals surface area contributed by atoms with Crippen molar-refractivity contribution in [1.82, 2.24) is 15.0 Å². The van der Waals surface area contributed by atoms with Crippen LogP contribution >= 0.6 is 0 Å². The molecule has 4 aromatic rings. The van der Waals surface area contributed by atoms with Gasteiger partial charge in [-0.2, -0.15) is 5.26 Å². The molecule has 0 amide bonds. The number of morpholine rings is 1. The van der Waals surface area contributed by atoms with Crippen molar-refractivity contribution in [3.05, 3.63) is 90.4 Å². The molecule has 8 heteroatoms. The molecule has 5 rings (SSSR count). The van der Waals surface area contributed by atoms with Crippen LogP contribution in [0.5, 0.6) is 0 Å². The number of anilines is 4. The van der Waals surface area contributed by atoms with Crippen molar-refractivity contribution >= 4 is 23.0 Å². The minimum Gasteiger partial charge on any atom is -0.380 e. The summed E-state index contributed by atoms with van der Waals surface area (Å²) >= 11 is 0. The fourth-order valence-corrected chi connectivity index (χ4v) is 3.94. The lowest BCUT2D eigenvalue weighted by Crippen LogP contribution is -2.36. The first-order valence-corrected chi connectivity index (χ1v) is 11.5. The van der Waals surface area contributed by atoms with Crippen molar-refractivity contribution in [2.75, 3.05) is 41.8 Å². The molecule has 2 aromatic heterocycles. The number of pyridine rings is 1. The molecule has 1 saturated heterocycles. The van der Waals surface area contributed by atoms with Gasteiger partial charge in [0, 0.05) is 55.2 Å². The van der Waals surface area contributed by atoms with Crippen LogP contribution in [0.15, 0.2) is 79.3 Å². The molecule has 35 heavy (non-hydrogen) atoms. The molecule has 174 valence electrons. The predicted molar refractivity (Wildman–Crippen MR) is 137 cm³/mol. The highest BCUT2D eigenvalue weighted by atomic mass is 16.5. The first-order chi connectivity index (χ1) is 17.3. The number of nitrogens with one attached hydrogen (secondary N) is 2. The van der Waals surface area contributed by atoms with Gasteiger partial charge >= 0.3 is 0 Å². The Bertz CT molecular complexity index is 1310. The first kappa shape index (κ1) is 22.3. The van der Waals surface area contributed by atoms with Gasteiger partial charge in [-0.3, -0.25) is 4.98 Å². The normalized spacial score (nSPS) is 13.2. The molecule has 2 N–H and O–H groups in total. The van der Waals surface area contributed by atoms with Crippen LogP contribution in [0.3, 0.4) is 0 Å². The molecule has 0 spiro atoms. The summed E-state index contributed by atoms with van der Waals surface area (Å²) in [5, 5.41) is 16.3. The summed E-state index contributed by atoms with van der Waals surface area (Å²) in [6, 6.07) is 21.9. The molecule has 0 unspecified atom stereocenters. The van der Waals surface area contributed by atoms with E-state index in [1.54, 1.807) is 18.6 Å². The van der Waals surface area contributed by atoms with Gasteiger partial charge in [0.1, 0.15) is 6.07 Å². The van der Waals surface area contributed by atoms with E-state index in [0.29, 0.717) is 18.1 Å². The molecular weight excluding hydrogens is 438 g/mol. The molecule has 1 fully saturated rings. The second-order valence-corrected chi connectivity index (χ2v) is 8.12. The lowest BCUT2D eigenvalue weighted by Gasteiger charge is -2.28. The molecule has 1 aliphatic rings. The van der Waals surface area contributed by atoms with Gasteiger partial charge in [-0.15, -0.1) is 0 Å². The van der Waals surface area contributed by atoms with Crippen LogP contribution in [0.4, 0.5) is 23.0 Å². The van der Waals surface area contributed by atoms with Gasteiger partial charge in [-0.1, -0.05) is 12.1 Å². The zero-order chi connectivity index (χ0) is 23.9. The minimum absolute atomic E-state index is 0.499. The summed E-state index contributed by atoms with van der Waals surface area (Å²) in [5.74, 6) is 0.499. The van der Waals surface area contributed by atoms with E-state index < -0.39 is 0 Å². The highest BCUT2D eigenvalue weighted by Crippen LogP contribution is 2.26. The van der Waals surface area contributed by atoms with Crippen molar-refractivity contribution in [2.24, 2.45) is 0 Å². The predicted octanol–water partition coefficient (Wildman–Crippen LogP) is 4.60. The summed E-state index contributed by atoms with van der Waals surface area (Å²) in [6.45, 7) is 3.92. The fourth-order valence-electron chi connectivity index (χ4n) is 3.94. The Kier molecular flexibility index (Phi) is 6.78. The maximum atomic E-state index is 9.70. The average Bonchev–Trinajstić information content (AvgIpc) is 2.93. The number of hydrogen-bond acceptors (Lipinski definition) is 8. The van der Waals surface area contributed by atoms with Crippen molar-refractivity contribution in [3.63, 3.8) is 0 Å². The number of nitriles is 1. The minimum atomic E-state index is 0.499. The van der Waals surface area contributed by atoms with E-state index in [2.05, 4.69) is 48.7 Å². The first-order valence-electron chi connectivity index (χ1n) is 11.5. The summed E-state index contributed by atoms with van der Waals surface area (Å²) in [5.41, 5.74) is 6.04. The van der Waals surface area contributed by atoms with Gasteiger partial charge in [-0.25, -0.2) is 9.97 Å². The molecule has 0 aliphatic carbocycles. The molecule has 2 aromatic carbocycles. The molecule has 0 saturated carbocycles. The average molecular weight is 464 g/mol. The Morgan fingerprint density at radius 1 is 1.00 bits per heavy atom. The van der Waals surface area contributed by atoms with Crippen molar-refractivity contribution < 1.29 is 4.74 Å². The van der Waals surface area contributed by atoms with Gasteiger partial charge in [-0.05, 0) is 54.1 Å². The molecule has 1 aliphatic heterocycles. The highest BCUT2D eigenvalue weighted by Gasteiger charge is 2.11. The third-order valence-electron chi connectivity index (χ3n) is 5.80. The number of benzene rings is 2. The van der Waals surface area contributed by atoms with E-state index in [1.165, 1.54) is 5.69 Å². The summed E-state index contributed by atoms with van der Waals surface area (Å²) in [4.78, 5) is 15.5. The van der Waals surface area contributed by atoms with Gasteiger partial charge in [0.05, 0.1) is 30.2 Å². The fraction of sp³-hybridized carbons (Fsp3) is 0.185. The Hall–Kier alpha value is -4.48. The summed E-state index contributed by atoms with van der Waals surface area (Å²) in [7, 11) is 0. The van der Waals surface area contributed by atoms with E-state index in [9.17, 15) is 5.26 Å². The third-order valence-corrected chi connectivity index (χ3v) is 5.80. The van der Waals surface area contributed by atoms with E-state index in [4.69, 9.17) is 4.74 Å². The van der Waals surface area contributed by atoms with Crippen LogP contribution in [0.25, 0.3) is 11.3 Å². The number of nitrogens with zero attached hydrogens (tertiary/aromatic N) is 5. The molecule has 3 heterocycles. The van der Waals surface area contributed by atoms with Gasteiger partial charge in [0.25, 0.3) is 0 Å². The third kappa shape index (κ3) is 5.54. The summed E-state index contributed by atoms with van der Waals surface area (Å²) in [6.07, 6.45) is 5.26. The lowest BCUT2D eigenvalue weighted by atomic mass is 10.1. The van der Waals surface area contributed by atoms with Crippen LogP contribution in [0.1, 0.15) is 11.1 Å². The second kappa shape index (κ2) is 10.6. The zero-order valence-electron chi connectivity index (χ0n) is 19.2.